The summed E-state index contributed by atoms with van der Waals surface area (Å²) in [5.41, 5.74) is 2.73. The van der Waals surface area contributed by atoms with E-state index in [0.717, 1.165) is 5.56 Å². The highest BCUT2D eigenvalue weighted by molar-refractivity contribution is 6.39. The number of hydrogen-bond donors (Lipinski definition) is 2. The van der Waals surface area contributed by atoms with Crippen LogP contribution < -0.4 is 15.4 Å². The standard InChI is InChI=1S/C19H22N2O3/c1-13(2)15-6-4-14(5-7-15)12-20-18(22)19(23)21-16-8-10-17(24-3)11-9-16/h4-11,13H,12H2,1-3H3,(H,20,22)(H,21,23). The molecule has 126 valence electrons. The molecule has 0 atom stereocenters. The van der Waals surface area contributed by atoms with Gasteiger partial charge < -0.3 is 15.4 Å². The van der Waals surface area contributed by atoms with Crippen LogP contribution in [0.15, 0.2) is 48.5 Å². The molecule has 5 nitrogen and oxygen atoms in total. The number of methoxy groups -OCH3 is 1. The van der Waals surface area contributed by atoms with Crippen molar-refractivity contribution >= 4 is 17.5 Å². The van der Waals surface area contributed by atoms with Gasteiger partial charge in [-0.25, -0.2) is 0 Å². The Bertz CT molecular complexity index is 692. The molecule has 0 radical (unpaired) electrons. The SMILES string of the molecule is COc1ccc(NC(=O)C(=O)NCc2ccc(C(C)C)cc2)cc1. The zero-order valence-corrected chi connectivity index (χ0v) is 14.1. The monoisotopic (exact) mass is 326 g/mol. The maximum Gasteiger partial charge on any atom is 0.313 e. The second-order valence-electron chi connectivity index (χ2n) is 5.76. The van der Waals surface area contributed by atoms with E-state index in [4.69, 9.17) is 4.74 Å². The average Bonchev–Trinajstić information content (AvgIpc) is 2.60. The van der Waals surface area contributed by atoms with Gasteiger partial charge in [0.25, 0.3) is 0 Å². The summed E-state index contributed by atoms with van der Waals surface area (Å²) in [7, 11) is 1.56. The van der Waals surface area contributed by atoms with Gasteiger partial charge in [0.15, 0.2) is 0 Å². The Hall–Kier alpha value is -2.82. The maximum absolute atomic E-state index is 11.9. The third-order valence-corrected chi connectivity index (χ3v) is 3.65. The molecule has 2 aromatic rings. The number of nitrogens with one attached hydrogen (secondary N) is 2. The van der Waals surface area contributed by atoms with Gasteiger partial charge in [0.1, 0.15) is 5.75 Å². The van der Waals surface area contributed by atoms with Gasteiger partial charge >= 0.3 is 11.8 Å². The van der Waals surface area contributed by atoms with Crippen LogP contribution in [-0.2, 0) is 16.1 Å². The van der Waals surface area contributed by atoms with Gasteiger partial charge in [-0.3, -0.25) is 9.59 Å². The molecule has 0 aromatic heterocycles. The molecule has 2 rings (SSSR count). The van der Waals surface area contributed by atoms with E-state index in [1.807, 2.05) is 24.3 Å². The molecule has 2 amide bonds. The predicted octanol–water partition coefficient (Wildman–Crippen LogP) is 3.07. The Morgan fingerprint density at radius 1 is 0.958 bits per heavy atom. The summed E-state index contributed by atoms with van der Waals surface area (Å²) < 4.78 is 5.04. The van der Waals surface area contributed by atoms with Crippen LogP contribution in [0.25, 0.3) is 0 Å². The fourth-order valence-electron chi connectivity index (χ4n) is 2.15. The zero-order valence-electron chi connectivity index (χ0n) is 14.1. The zero-order chi connectivity index (χ0) is 17.5. The number of benzene rings is 2. The molecular formula is C19H22N2O3. The summed E-state index contributed by atoms with van der Waals surface area (Å²) in [6, 6.07) is 14.7. The average molecular weight is 326 g/mol. The van der Waals surface area contributed by atoms with Gasteiger partial charge in [0.2, 0.25) is 0 Å². The van der Waals surface area contributed by atoms with Crippen LogP contribution >= 0.6 is 0 Å². The van der Waals surface area contributed by atoms with E-state index < -0.39 is 11.8 Å². The molecule has 0 aliphatic carbocycles. The second-order valence-corrected chi connectivity index (χ2v) is 5.76. The molecule has 5 heteroatoms. The lowest BCUT2D eigenvalue weighted by molar-refractivity contribution is -0.136. The first-order valence-electron chi connectivity index (χ1n) is 7.81. The Morgan fingerprint density at radius 2 is 1.58 bits per heavy atom. The first-order valence-corrected chi connectivity index (χ1v) is 7.81. The molecular weight excluding hydrogens is 304 g/mol. The first-order chi connectivity index (χ1) is 11.5. The van der Waals surface area contributed by atoms with Gasteiger partial charge in [-0.15, -0.1) is 0 Å². The minimum absolute atomic E-state index is 0.313. The largest absolute Gasteiger partial charge is 0.497 e. The molecule has 24 heavy (non-hydrogen) atoms. The van der Waals surface area contributed by atoms with Gasteiger partial charge in [-0.2, -0.15) is 0 Å². The third kappa shape index (κ3) is 4.84. The summed E-state index contributed by atoms with van der Waals surface area (Å²) >= 11 is 0. The van der Waals surface area contributed by atoms with Crippen LogP contribution in [0.4, 0.5) is 5.69 Å². The summed E-state index contributed by atoms with van der Waals surface area (Å²) in [5, 5.41) is 5.16. The van der Waals surface area contributed by atoms with E-state index in [9.17, 15) is 9.59 Å². The highest BCUT2D eigenvalue weighted by atomic mass is 16.5. The van der Waals surface area contributed by atoms with Crippen LogP contribution in [0.3, 0.4) is 0 Å². The van der Waals surface area contributed by atoms with Crippen LogP contribution in [0.1, 0.15) is 30.9 Å². The number of hydrogen-bond acceptors (Lipinski definition) is 3. The predicted molar refractivity (Wildman–Crippen MR) is 94.0 cm³/mol. The van der Waals surface area contributed by atoms with Crippen molar-refractivity contribution in [1.29, 1.82) is 0 Å². The molecule has 0 saturated carbocycles. The Balaban J connectivity index is 1.85. The molecule has 0 unspecified atom stereocenters. The normalized spacial score (nSPS) is 10.3. The summed E-state index contributed by atoms with van der Waals surface area (Å²) in [5.74, 6) is -0.219. The number of anilines is 1. The van der Waals surface area contributed by atoms with Crippen LogP contribution in [-0.4, -0.2) is 18.9 Å². The smallest absolute Gasteiger partial charge is 0.313 e. The van der Waals surface area contributed by atoms with Crippen LogP contribution in [0.2, 0.25) is 0 Å². The number of rotatable bonds is 5. The van der Waals surface area contributed by atoms with Crippen molar-refractivity contribution in [2.24, 2.45) is 0 Å². The second kappa shape index (κ2) is 8.15. The van der Waals surface area contributed by atoms with Gasteiger partial charge in [0, 0.05) is 12.2 Å². The van der Waals surface area contributed by atoms with Crippen molar-refractivity contribution < 1.29 is 14.3 Å². The molecule has 0 heterocycles. The van der Waals surface area contributed by atoms with Crippen molar-refractivity contribution in [3.63, 3.8) is 0 Å². The van der Waals surface area contributed by atoms with E-state index in [1.165, 1.54) is 5.56 Å². The first kappa shape index (κ1) is 17.5. The number of carbonyl (C=O) groups excluding carboxylic acids is 2. The molecule has 2 N–H and O–H groups in total. The van der Waals surface area contributed by atoms with Crippen molar-refractivity contribution in [3.05, 3.63) is 59.7 Å². The van der Waals surface area contributed by atoms with Gasteiger partial charge in [-0.05, 0) is 41.3 Å². The lowest BCUT2D eigenvalue weighted by Crippen LogP contribution is -2.34. The Kier molecular flexibility index (Phi) is 5.95. The van der Waals surface area contributed by atoms with E-state index >= 15 is 0 Å². The van der Waals surface area contributed by atoms with Crippen LogP contribution in [0.5, 0.6) is 5.75 Å². The van der Waals surface area contributed by atoms with E-state index in [2.05, 4.69) is 24.5 Å². The Labute approximate surface area is 142 Å². The lowest BCUT2D eigenvalue weighted by Gasteiger charge is -2.09. The number of ether oxygens (including phenoxy) is 1. The molecule has 0 aliphatic heterocycles. The minimum atomic E-state index is -0.695. The molecule has 0 bridgehead atoms. The molecule has 0 fully saturated rings. The summed E-state index contributed by atoms with van der Waals surface area (Å²) in [4.78, 5) is 23.7. The number of amides is 2. The van der Waals surface area contributed by atoms with E-state index in [0.29, 0.717) is 23.9 Å². The van der Waals surface area contributed by atoms with Crippen molar-refractivity contribution in [2.45, 2.75) is 26.3 Å². The minimum Gasteiger partial charge on any atom is -0.497 e. The van der Waals surface area contributed by atoms with Crippen molar-refractivity contribution in [1.82, 2.24) is 5.32 Å². The molecule has 0 saturated heterocycles. The van der Waals surface area contributed by atoms with E-state index in [1.54, 1.807) is 31.4 Å². The fourth-order valence-corrected chi connectivity index (χ4v) is 2.15. The van der Waals surface area contributed by atoms with Crippen molar-refractivity contribution in [3.8, 4) is 5.75 Å². The topological polar surface area (TPSA) is 67.4 Å². The van der Waals surface area contributed by atoms with Gasteiger partial charge in [0.05, 0.1) is 7.11 Å². The van der Waals surface area contributed by atoms with Crippen molar-refractivity contribution in [2.75, 3.05) is 12.4 Å². The lowest BCUT2D eigenvalue weighted by atomic mass is 10.0. The molecule has 0 aliphatic rings. The highest BCUT2D eigenvalue weighted by Gasteiger charge is 2.13. The fraction of sp³-hybridized carbons (Fsp3) is 0.263. The number of carbonyl (C=O) groups is 2. The summed E-state index contributed by atoms with van der Waals surface area (Å²) in [6.45, 7) is 4.56. The quantitative estimate of drug-likeness (QED) is 0.830. The highest BCUT2D eigenvalue weighted by Crippen LogP contribution is 2.15. The van der Waals surface area contributed by atoms with E-state index in [-0.39, 0.29) is 0 Å². The molecule has 0 spiro atoms. The molecule has 2 aromatic carbocycles. The van der Waals surface area contributed by atoms with Gasteiger partial charge in [-0.1, -0.05) is 38.1 Å². The Morgan fingerprint density at radius 3 is 2.12 bits per heavy atom. The third-order valence-electron chi connectivity index (χ3n) is 3.65. The van der Waals surface area contributed by atoms with Crippen LogP contribution in [0, 0.1) is 0 Å². The summed E-state index contributed by atoms with van der Waals surface area (Å²) in [6.07, 6.45) is 0. The maximum atomic E-state index is 11.9.